The van der Waals surface area contributed by atoms with Crippen LogP contribution in [0.5, 0.6) is 5.88 Å². The first kappa shape index (κ1) is 18.3. The van der Waals surface area contributed by atoms with E-state index in [1.165, 1.54) is 0 Å². The number of pyridine rings is 1. The maximum absolute atomic E-state index is 6.23. The summed E-state index contributed by atoms with van der Waals surface area (Å²) in [5.41, 5.74) is 10.2. The molecule has 0 atom stereocenters. The van der Waals surface area contributed by atoms with Gasteiger partial charge in [0.15, 0.2) is 0 Å². The van der Waals surface area contributed by atoms with Crippen LogP contribution in [-0.4, -0.2) is 21.6 Å². The summed E-state index contributed by atoms with van der Waals surface area (Å²) in [5.74, 6) is 0.821. The van der Waals surface area contributed by atoms with E-state index >= 15 is 0 Å². The fourth-order valence-electron chi connectivity index (χ4n) is 3.07. The lowest BCUT2D eigenvalue weighted by molar-refractivity contribution is 0.302. The lowest BCUT2D eigenvalue weighted by atomic mass is 10.0. The number of nitrogens with two attached hydrogens (primary N) is 1. The van der Waals surface area contributed by atoms with Crippen molar-refractivity contribution in [2.75, 3.05) is 12.3 Å². The summed E-state index contributed by atoms with van der Waals surface area (Å²) >= 11 is 6.23. The van der Waals surface area contributed by atoms with Crippen LogP contribution in [-0.2, 0) is 6.42 Å². The monoisotopic (exact) mass is 394 g/mol. The summed E-state index contributed by atoms with van der Waals surface area (Å²) in [6.45, 7) is 2.47. The van der Waals surface area contributed by atoms with Gasteiger partial charge >= 0.3 is 0 Å². The number of nitrogen functional groups attached to an aromatic ring is 1. The van der Waals surface area contributed by atoms with Gasteiger partial charge in [-0.3, -0.25) is 0 Å². The lowest BCUT2D eigenvalue weighted by Crippen LogP contribution is -2.05. The molecule has 0 fully saturated rings. The average molecular weight is 395 g/mol. The lowest BCUT2D eigenvalue weighted by Gasteiger charge is -2.10. The Morgan fingerprint density at radius 2 is 2.07 bits per heavy atom. The number of aryl methyl sites for hydroxylation is 1. The first-order valence-electron chi connectivity index (χ1n) is 8.96. The minimum atomic E-state index is 0.248. The molecule has 4 aromatic rings. The Kier molecular flexibility index (Phi) is 5.12. The highest BCUT2D eigenvalue weighted by Crippen LogP contribution is 2.28. The van der Waals surface area contributed by atoms with Crippen LogP contribution in [0.2, 0.25) is 5.02 Å². The smallest absolute Gasteiger partial charge is 0.224 e. The highest BCUT2D eigenvalue weighted by Gasteiger charge is 2.10. The summed E-state index contributed by atoms with van der Waals surface area (Å²) in [7, 11) is 0. The minimum Gasteiger partial charge on any atom is -0.477 e. The first-order chi connectivity index (χ1) is 13.6. The van der Waals surface area contributed by atoms with Crippen LogP contribution in [0.15, 0.2) is 53.3 Å². The summed E-state index contributed by atoms with van der Waals surface area (Å²) < 4.78 is 11.2. The third-order valence-corrected chi connectivity index (χ3v) is 4.91. The Hall–Kier alpha value is -3.12. The van der Waals surface area contributed by atoms with Crippen LogP contribution in [0.3, 0.4) is 0 Å². The Labute approximate surface area is 167 Å². The summed E-state index contributed by atoms with van der Waals surface area (Å²) in [4.78, 5) is 13.0. The summed E-state index contributed by atoms with van der Waals surface area (Å²) in [5, 5.41) is 1.57. The number of fused-ring (bicyclic) bond motifs is 1. The fraction of sp³-hybridized carbons (Fsp3) is 0.190. The molecule has 1 aromatic carbocycles. The van der Waals surface area contributed by atoms with E-state index in [0.717, 1.165) is 39.9 Å². The van der Waals surface area contributed by atoms with Gasteiger partial charge in [0.05, 0.1) is 24.0 Å². The number of rotatable bonds is 6. The molecular formula is C21H19ClN4O2. The van der Waals surface area contributed by atoms with E-state index in [1.54, 1.807) is 12.5 Å². The zero-order valence-corrected chi connectivity index (χ0v) is 16.1. The van der Waals surface area contributed by atoms with E-state index in [1.807, 2.05) is 43.3 Å². The van der Waals surface area contributed by atoms with Crippen molar-refractivity contribution in [3.05, 3.63) is 65.1 Å². The van der Waals surface area contributed by atoms with Gasteiger partial charge in [0.25, 0.3) is 0 Å². The molecule has 3 heterocycles. The third kappa shape index (κ3) is 3.77. The first-order valence-corrected chi connectivity index (χ1v) is 9.33. The van der Waals surface area contributed by atoms with Gasteiger partial charge in [-0.15, -0.1) is 0 Å². The number of hydrogen-bond acceptors (Lipinski definition) is 6. The third-order valence-electron chi connectivity index (χ3n) is 4.50. The molecule has 0 saturated carbocycles. The van der Waals surface area contributed by atoms with Crippen molar-refractivity contribution in [1.29, 1.82) is 0 Å². The van der Waals surface area contributed by atoms with Crippen LogP contribution in [0, 0.1) is 6.92 Å². The van der Waals surface area contributed by atoms with Crippen molar-refractivity contribution >= 4 is 28.5 Å². The molecule has 4 rings (SSSR count). The zero-order valence-electron chi connectivity index (χ0n) is 15.4. The number of furan rings is 1. The van der Waals surface area contributed by atoms with E-state index in [9.17, 15) is 0 Å². The van der Waals surface area contributed by atoms with Gasteiger partial charge < -0.3 is 14.9 Å². The second-order valence-electron chi connectivity index (χ2n) is 6.42. The number of halogens is 1. The molecule has 0 amide bonds. The predicted molar refractivity (Wildman–Crippen MR) is 109 cm³/mol. The van der Waals surface area contributed by atoms with Crippen LogP contribution in [0.25, 0.3) is 22.2 Å². The van der Waals surface area contributed by atoms with E-state index in [4.69, 9.17) is 26.5 Å². The van der Waals surface area contributed by atoms with Crippen molar-refractivity contribution in [3.63, 3.8) is 0 Å². The molecule has 0 bridgehead atoms. The van der Waals surface area contributed by atoms with Crippen molar-refractivity contribution in [1.82, 2.24) is 15.0 Å². The van der Waals surface area contributed by atoms with Crippen molar-refractivity contribution in [2.24, 2.45) is 0 Å². The molecular weight excluding hydrogens is 376 g/mol. The molecule has 0 spiro atoms. The van der Waals surface area contributed by atoms with Crippen LogP contribution < -0.4 is 10.5 Å². The van der Waals surface area contributed by atoms with Gasteiger partial charge in [0, 0.05) is 22.5 Å². The number of ether oxygens (including phenoxy) is 1. The molecule has 0 radical (unpaired) electrons. The number of aromatic nitrogens is 3. The van der Waals surface area contributed by atoms with Crippen molar-refractivity contribution in [2.45, 2.75) is 19.8 Å². The largest absolute Gasteiger partial charge is 0.477 e. The molecule has 2 N–H and O–H groups in total. The van der Waals surface area contributed by atoms with Crippen LogP contribution >= 0.6 is 11.6 Å². The second-order valence-corrected chi connectivity index (χ2v) is 6.82. The number of anilines is 1. The quantitative estimate of drug-likeness (QED) is 0.471. The van der Waals surface area contributed by atoms with E-state index in [0.29, 0.717) is 23.9 Å². The Morgan fingerprint density at radius 1 is 1.18 bits per heavy atom. The number of nitrogens with zero attached hydrogens (tertiary/aromatic N) is 3. The van der Waals surface area contributed by atoms with Crippen molar-refractivity contribution in [3.8, 4) is 17.1 Å². The summed E-state index contributed by atoms with van der Waals surface area (Å²) in [6.07, 6.45) is 4.77. The molecule has 6 nitrogen and oxygen atoms in total. The van der Waals surface area contributed by atoms with E-state index < -0.39 is 0 Å². The predicted octanol–water partition coefficient (Wildman–Crippen LogP) is 4.84. The molecule has 28 heavy (non-hydrogen) atoms. The fourth-order valence-corrected chi connectivity index (χ4v) is 3.25. The van der Waals surface area contributed by atoms with Crippen LogP contribution in [0.1, 0.15) is 17.7 Å². The SMILES string of the molecule is Cc1c(Cl)cccc1-c1cc(CCCOc2nccc3occc23)nc(N)n1. The molecule has 7 heteroatoms. The van der Waals surface area contributed by atoms with Gasteiger partial charge in [-0.1, -0.05) is 23.7 Å². The zero-order chi connectivity index (χ0) is 19.5. The van der Waals surface area contributed by atoms with Gasteiger partial charge in [-0.25, -0.2) is 15.0 Å². The second kappa shape index (κ2) is 7.86. The maximum atomic E-state index is 6.23. The van der Waals surface area contributed by atoms with Gasteiger partial charge in [0.2, 0.25) is 11.8 Å². The molecule has 0 saturated heterocycles. The molecule has 0 unspecified atom stereocenters. The molecule has 3 aromatic heterocycles. The van der Waals surface area contributed by atoms with E-state index in [-0.39, 0.29) is 5.95 Å². The standard InChI is InChI=1S/C21H19ClN4O2/c1-13-15(5-2-6-17(13)22)18-12-14(25-21(23)26-18)4-3-10-28-20-16-8-11-27-19(16)7-9-24-20/h2,5-9,11-12H,3-4,10H2,1H3,(H2,23,25,26). The van der Waals surface area contributed by atoms with Gasteiger partial charge in [-0.05, 0) is 49.6 Å². The molecule has 0 aliphatic rings. The number of hydrogen-bond donors (Lipinski definition) is 1. The van der Waals surface area contributed by atoms with Gasteiger partial charge in [-0.2, -0.15) is 0 Å². The maximum Gasteiger partial charge on any atom is 0.224 e. The minimum absolute atomic E-state index is 0.248. The van der Waals surface area contributed by atoms with Crippen LogP contribution in [0.4, 0.5) is 5.95 Å². The van der Waals surface area contributed by atoms with Crippen molar-refractivity contribution < 1.29 is 9.15 Å². The molecule has 0 aliphatic carbocycles. The molecule has 0 aliphatic heterocycles. The Balaban J connectivity index is 1.45. The summed E-state index contributed by atoms with van der Waals surface area (Å²) in [6, 6.07) is 11.3. The number of benzene rings is 1. The highest BCUT2D eigenvalue weighted by molar-refractivity contribution is 6.31. The Bertz CT molecular complexity index is 1130. The highest BCUT2D eigenvalue weighted by atomic mass is 35.5. The van der Waals surface area contributed by atoms with Gasteiger partial charge in [0.1, 0.15) is 5.58 Å². The topological polar surface area (TPSA) is 87.1 Å². The molecule has 142 valence electrons. The van der Waals surface area contributed by atoms with E-state index in [2.05, 4.69) is 15.0 Å². The average Bonchev–Trinajstić information content (AvgIpc) is 3.16. The Morgan fingerprint density at radius 3 is 2.96 bits per heavy atom. The normalized spacial score (nSPS) is 11.1.